The Kier molecular flexibility index (Phi) is 5.10. The van der Waals surface area contributed by atoms with Crippen LogP contribution in [-0.4, -0.2) is 17.6 Å². The van der Waals surface area contributed by atoms with Crippen LogP contribution in [0.2, 0.25) is 0 Å². The molecule has 0 unspecified atom stereocenters. The molecule has 0 N–H and O–H groups in total. The zero-order valence-electron chi connectivity index (χ0n) is 11.0. The van der Waals surface area contributed by atoms with Gasteiger partial charge in [0.1, 0.15) is 6.17 Å². The molecule has 2 aromatic rings. The number of rotatable bonds is 6. The van der Waals surface area contributed by atoms with Crippen molar-refractivity contribution in [3.05, 3.63) is 78.7 Å². The molecule has 0 amide bonds. The van der Waals surface area contributed by atoms with E-state index in [1.54, 1.807) is 0 Å². The van der Waals surface area contributed by atoms with Crippen molar-refractivity contribution < 1.29 is 4.39 Å². The Balaban J connectivity index is 2.03. The Morgan fingerprint density at radius 3 is 1.63 bits per heavy atom. The average Bonchev–Trinajstić information content (AvgIpc) is 2.40. The fourth-order valence-electron chi connectivity index (χ4n) is 2.15. The Bertz CT molecular complexity index is 426. The lowest BCUT2D eigenvalue weighted by atomic mass is 10.1. The molecule has 0 aromatic heterocycles. The van der Waals surface area contributed by atoms with Crippen LogP contribution in [0.5, 0.6) is 0 Å². The van der Waals surface area contributed by atoms with Crippen molar-refractivity contribution in [1.82, 2.24) is 4.90 Å². The summed E-state index contributed by atoms with van der Waals surface area (Å²) in [6.07, 6.45) is -1.06. The number of hydrogen-bond donors (Lipinski definition) is 0. The first-order valence-electron chi connectivity index (χ1n) is 6.51. The summed E-state index contributed by atoms with van der Waals surface area (Å²) in [5.74, 6) is 0. The van der Waals surface area contributed by atoms with Gasteiger partial charge in [-0.25, -0.2) is 4.39 Å². The van der Waals surface area contributed by atoms with Gasteiger partial charge in [-0.15, -0.1) is 0 Å². The maximum absolute atomic E-state index is 13.2. The van der Waals surface area contributed by atoms with Crippen LogP contribution in [-0.2, 0) is 13.1 Å². The topological polar surface area (TPSA) is 3.24 Å². The van der Waals surface area contributed by atoms with Crippen molar-refractivity contribution in [3.63, 3.8) is 0 Å². The standard InChI is InChI=1S/C17H19FN/c1-15(18)12-19(13-16-8-4-2-5-9-16)14-17-10-6-3-7-11-17/h2-11,15H,1,12-14H2/t15-/m1/s1. The maximum Gasteiger partial charge on any atom is 0.113 e. The van der Waals surface area contributed by atoms with E-state index in [1.807, 2.05) is 36.4 Å². The Hall–Kier alpha value is -1.67. The summed E-state index contributed by atoms with van der Waals surface area (Å²) in [4.78, 5) is 2.09. The minimum Gasteiger partial charge on any atom is -0.292 e. The second-order valence-corrected chi connectivity index (χ2v) is 4.74. The third-order valence-corrected chi connectivity index (χ3v) is 2.95. The molecule has 0 aliphatic carbocycles. The molecule has 0 bridgehead atoms. The number of hydrogen-bond acceptors (Lipinski definition) is 1. The van der Waals surface area contributed by atoms with Crippen LogP contribution >= 0.6 is 0 Å². The molecular formula is C17H19FN. The molecule has 0 aliphatic rings. The summed E-state index contributed by atoms with van der Waals surface area (Å²) in [7, 11) is 0. The number of halogens is 1. The summed E-state index contributed by atoms with van der Waals surface area (Å²) < 4.78 is 13.2. The van der Waals surface area contributed by atoms with Gasteiger partial charge in [0, 0.05) is 19.6 Å². The van der Waals surface area contributed by atoms with Crippen LogP contribution in [0, 0.1) is 6.92 Å². The lowest BCUT2D eigenvalue weighted by Crippen LogP contribution is -2.28. The van der Waals surface area contributed by atoms with Crippen LogP contribution < -0.4 is 0 Å². The summed E-state index contributed by atoms with van der Waals surface area (Å²) in [5, 5.41) is 0. The molecule has 0 saturated carbocycles. The molecule has 0 spiro atoms. The molecule has 2 heteroatoms. The van der Waals surface area contributed by atoms with Gasteiger partial charge in [0.25, 0.3) is 0 Å². The van der Waals surface area contributed by atoms with Crippen molar-refractivity contribution in [2.45, 2.75) is 19.3 Å². The van der Waals surface area contributed by atoms with E-state index in [4.69, 9.17) is 0 Å². The van der Waals surface area contributed by atoms with E-state index < -0.39 is 6.17 Å². The van der Waals surface area contributed by atoms with E-state index >= 15 is 0 Å². The Morgan fingerprint density at radius 1 is 0.842 bits per heavy atom. The number of nitrogens with zero attached hydrogens (tertiary/aromatic N) is 1. The first-order chi connectivity index (χ1) is 9.24. The first-order valence-corrected chi connectivity index (χ1v) is 6.51. The third kappa shape index (κ3) is 4.84. The highest BCUT2D eigenvalue weighted by atomic mass is 19.1. The summed E-state index contributed by atoms with van der Waals surface area (Å²) in [6.45, 7) is 5.29. The Morgan fingerprint density at radius 2 is 1.26 bits per heavy atom. The highest BCUT2D eigenvalue weighted by molar-refractivity contribution is 5.17. The minimum atomic E-state index is -1.06. The third-order valence-electron chi connectivity index (χ3n) is 2.95. The van der Waals surface area contributed by atoms with Gasteiger partial charge < -0.3 is 0 Å². The van der Waals surface area contributed by atoms with Gasteiger partial charge in [0.2, 0.25) is 0 Å². The number of benzene rings is 2. The highest BCUT2D eigenvalue weighted by Crippen LogP contribution is 2.11. The molecule has 1 atom stereocenters. The van der Waals surface area contributed by atoms with Crippen LogP contribution in [0.3, 0.4) is 0 Å². The van der Waals surface area contributed by atoms with E-state index in [2.05, 4.69) is 36.1 Å². The van der Waals surface area contributed by atoms with Gasteiger partial charge >= 0.3 is 0 Å². The fourth-order valence-corrected chi connectivity index (χ4v) is 2.15. The van der Waals surface area contributed by atoms with Gasteiger partial charge in [-0.1, -0.05) is 60.7 Å². The molecule has 2 aromatic carbocycles. The molecule has 1 nitrogen and oxygen atoms in total. The minimum absolute atomic E-state index is 0.351. The van der Waals surface area contributed by atoms with Crippen LogP contribution in [0.1, 0.15) is 11.1 Å². The smallest absolute Gasteiger partial charge is 0.113 e. The summed E-state index contributed by atoms with van der Waals surface area (Å²) in [6, 6.07) is 20.3. The van der Waals surface area contributed by atoms with Crippen LogP contribution in [0.25, 0.3) is 0 Å². The highest BCUT2D eigenvalue weighted by Gasteiger charge is 2.10. The second-order valence-electron chi connectivity index (χ2n) is 4.74. The predicted octanol–water partition coefficient (Wildman–Crippen LogP) is 3.86. The number of alkyl halides is 1. The lowest BCUT2D eigenvalue weighted by molar-refractivity contribution is 0.201. The summed E-state index contributed by atoms with van der Waals surface area (Å²) in [5.41, 5.74) is 2.39. The molecular weight excluding hydrogens is 237 g/mol. The zero-order chi connectivity index (χ0) is 13.5. The predicted molar refractivity (Wildman–Crippen MR) is 77.3 cm³/mol. The molecule has 2 rings (SSSR count). The Labute approximate surface area is 114 Å². The molecule has 0 aliphatic heterocycles. The van der Waals surface area contributed by atoms with Gasteiger partial charge in [-0.3, -0.25) is 4.90 Å². The van der Waals surface area contributed by atoms with Gasteiger partial charge in [0.15, 0.2) is 0 Å². The molecule has 1 radical (unpaired) electrons. The molecule has 99 valence electrons. The molecule has 0 saturated heterocycles. The SMILES string of the molecule is [CH2][C@@H](F)CN(Cc1ccccc1)Cc1ccccc1. The average molecular weight is 256 g/mol. The zero-order valence-corrected chi connectivity index (χ0v) is 11.0. The van der Waals surface area contributed by atoms with E-state index in [0.29, 0.717) is 6.54 Å². The fraction of sp³-hybridized carbons (Fsp3) is 0.235. The van der Waals surface area contributed by atoms with Gasteiger partial charge in [0.05, 0.1) is 0 Å². The maximum atomic E-state index is 13.2. The van der Waals surface area contributed by atoms with Crippen molar-refractivity contribution in [2.75, 3.05) is 6.54 Å². The van der Waals surface area contributed by atoms with E-state index in [1.165, 1.54) is 11.1 Å². The first kappa shape index (κ1) is 13.8. The van der Waals surface area contributed by atoms with Gasteiger partial charge in [-0.2, -0.15) is 0 Å². The van der Waals surface area contributed by atoms with Crippen LogP contribution in [0.4, 0.5) is 4.39 Å². The van der Waals surface area contributed by atoms with E-state index in [0.717, 1.165) is 13.1 Å². The second kappa shape index (κ2) is 7.05. The van der Waals surface area contributed by atoms with E-state index in [9.17, 15) is 4.39 Å². The lowest BCUT2D eigenvalue weighted by Gasteiger charge is -2.23. The monoisotopic (exact) mass is 256 g/mol. The van der Waals surface area contributed by atoms with Crippen molar-refractivity contribution >= 4 is 0 Å². The van der Waals surface area contributed by atoms with Crippen molar-refractivity contribution in [3.8, 4) is 0 Å². The van der Waals surface area contributed by atoms with Crippen LogP contribution in [0.15, 0.2) is 60.7 Å². The largest absolute Gasteiger partial charge is 0.292 e. The summed E-state index contributed by atoms with van der Waals surface area (Å²) >= 11 is 0. The van der Waals surface area contributed by atoms with Crippen molar-refractivity contribution in [1.29, 1.82) is 0 Å². The molecule has 0 fully saturated rings. The van der Waals surface area contributed by atoms with Crippen molar-refractivity contribution in [2.24, 2.45) is 0 Å². The van der Waals surface area contributed by atoms with E-state index in [-0.39, 0.29) is 0 Å². The molecule has 0 heterocycles. The molecule has 19 heavy (non-hydrogen) atoms. The normalized spacial score (nSPS) is 12.6. The van der Waals surface area contributed by atoms with Gasteiger partial charge in [-0.05, 0) is 18.1 Å². The quantitative estimate of drug-likeness (QED) is 0.758.